The summed E-state index contributed by atoms with van der Waals surface area (Å²) in [5.74, 6) is 0.927. The highest BCUT2D eigenvalue weighted by Crippen LogP contribution is 2.29. The molecule has 0 aliphatic heterocycles. The maximum atomic E-state index is 6.36. The smallest absolute Gasteiger partial charge is 0.249 e. The predicted octanol–water partition coefficient (Wildman–Crippen LogP) is 4.83. The van der Waals surface area contributed by atoms with Crippen molar-refractivity contribution in [2.45, 2.75) is 5.38 Å². The van der Waals surface area contributed by atoms with E-state index in [1.807, 2.05) is 54.6 Å². The molecule has 0 saturated heterocycles. The van der Waals surface area contributed by atoms with Crippen LogP contribution in [0.3, 0.4) is 0 Å². The Morgan fingerprint density at radius 3 is 2.60 bits per heavy atom. The second-order valence-electron chi connectivity index (χ2n) is 4.24. The Morgan fingerprint density at radius 1 is 1.05 bits per heavy atom. The van der Waals surface area contributed by atoms with Gasteiger partial charge in [0.15, 0.2) is 0 Å². The second-order valence-corrected chi connectivity index (χ2v) is 5.59. The van der Waals surface area contributed by atoms with E-state index in [0.29, 0.717) is 11.7 Å². The van der Waals surface area contributed by atoms with Crippen molar-refractivity contribution in [1.82, 2.24) is 10.1 Å². The van der Waals surface area contributed by atoms with E-state index < -0.39 is 5.38 Å². The Bertz CT molecular complexity index is 715. The molecule has 0 aliphatic rings. The lowest BCUT2D eigenvalue weighted by Crippen LogP contribution is -1.93. The van der Waals surface area contributed by atoms with Crippen LogP contribution in [0.4, 0.5) is 0 Å². The van der Waals surface area contributed by atoms with Crippen LogP contribution in [0.15, 0.2) is 63.6 Å². The summed E-state index contributed by atoms with van der Waals surface area (Å²) in [7, 11) is 0. The quantitative estimate of drug-likeness (QED) is 0.636. The van der Waals surface area contributed by atoms with Crippen LogP contribution in [0.25, 0.3) is 11.4 Å². The van der Waals surface area contributed by atoms with Crippen molar-refractivity contribution in [1.29, 1.82) is 0 Å². The third-order valence-corrected chi connectivity index (χ3v) is 3.77. The summed E-state index contributed by atoms with van der Waals surface area (Å²) >= 11 is 9.78. The fourth-order valence-corrected chi connectivity index (χ4v) is 2.48. The molecular formula is C15H10BrClN2O. The third kappa shape index (κ3) is 2.76. The number of halogens is 2. The number of hydrogen-bond donors (Lipinski definition) is 0. The zero-order chi connectivity index (χ0) is 13.9. The van der Waals surface area contributed by atoms with Gasteiger partial charge in [0, 0.05) is 10.0 Å². The standard InChI is InChI=1S/C15H10BrClN2O/c16-12-8-4-7-11(9-12)14-18-15(20-19-14)13(17)10-5-2-1-3-6-10/h1-9,13H. The second kappa shape index (κ2) is 5.77. The van der Waals surface area contributed by atoms with E-state index in [9.17, 15) is 0 Å². The first-order valence-electron chi connectivity index (χ1n) is 6.02. The molecule has 2 aromatic carbocycles. The number of alkyl halides is 1. The van der Waals surface area contributed by atoms with Crippen LogP contribution in [0.2, 0.25) is 0 Å². The lowest BCUT2D eigenvalue weighted by atomic mass is 10.1. The SMILES string of the molecule is ClC(c1ccccc1)c1nc(-c2cccc(Br)c2)no1. The molecule has 0 spiro atoms. The summed E-state index contributed by atoms with van der Waals surface area (Å²) in [6, 6.07) is 17.4. The van der Waals surface area contributed by atoms with Gasteiger partial charge in [-0.3, -0.25) is 0 Å². The molecule has 0 aliphatic carbocycles. The molecule has 20 heavy (non-hydrogen) atoms. The number of benzene rings is 2. The van der Waals surface area contributed by atoms with Gasteiger partial charge in [-0.15, -0.1) is 11.6 Å². The normalized spacial score (nSPS) is 12.3. The van der Waals surface area contributed by atoms with Crippen LogP contribution < -0.4 is 0 Å². The van der Waals surface area contributed by atoms with Gasteiger partial charge in [-0.25, -0.2) is 0 Å². The molecule has 1 unspecified atom stereocenters. The first kappa shape index (κ1) is 13.3. The van der Waals surface area contributed by atoms with E-state index in [-0.39, 0.29) is 0 Å². The third-order valence-electron chi connectivity index (χ3n) is 2.83. The number of nitrogens with zero attached hydrogens (tertiary/aromatic N) is 2. The maximum Gasteiger partial charge on any atom is 0.249 e. The molecule has 1 heterocycles. The molecule has 3 rings (SSSR count). The van der Waals surface area contributed by atoms with Crippen molar-refractivity contribution < 1.29 is 4.52 Å². The van der Waals surface area contributed by atoms with Crippen molar-refractivity contribution >= 4 is 27.5 Å². The Labute approximate surface area is 129 Å². The molecule has 3 aromatic rings. The monoisotopic (exact) mass is 348 g/mol. The van der Waals surface area contributed by atoms with Crippen molar-refractivity contribution in [3.05, 3.63) is 70.5 Å². The fourth-order valence-electron chi connectivity index (χ4n) is 1.85. The van der Waals surface area contributed by atoms with Gasteiger partial charge in [-0.1, -0.05) is 63.6 Å². The van der Waals surface area contributed by atoms with E-state index in [2.05, 4.69) is 26.1 Å². The van der Waals surface area contributed by atoms with Gasteiger partial charge in [0.25, 0.3) is 0 Å². The Balaban J connectivity index is 1.91. The summed E-state index contributed by atoms with van der Waals surface area (Å²) < 4.78 is 6.23. The predicted molar refractivity (Wildman–Crippen MR) is 81.6 cm³/mol. The van der Waals surface area contributed by atoms with Crippen molar-refractivity contribution in [2.75, 3.05) is 0 Å². The molecule has 100 valence electrons. The Morgan fingerprint density at radius 2 is 1.85 bits per heavy atom. The van der Waals surface area contributed by atoms with Crippen LogP contribution in [0.5, 0.6) is 0 Å². The fraction of sp³-hybridized carbons (Fsp3) is 0.0667. The zero-order valence-electron chi connectivity index (χ0n) is 10.3. The molecule has 0 N–H and O–H groups in total. The minimum atomic E-state index is -0.440. The lowest BCUT2D eigenvalue weighted by Gasteiger charge is -2.03. The largest absolute Gasteiger partial charge is 0.337 e. The zero-order valence-corrected chi connectivity index (χ0v) is 12.7. The van der Waals surface area contributed by atoms with Crippen LogP contribution in [0, 0.1) is 0 Å². The van der Waals surface area contributed by atoms with Gasteiger partial charge in [0.2, 0.25) is 11.7 Å². The highest BCUT2D eigenvalue weighted by Gasteiger charge is 2.18. The molecule has 0 saturated carbocycles. The van der Waals surface area contributed by atoms with Crippen LogP contribution in [-0.2, 0) is 0 Å². The molecule has 5 heteroatoms. The maximum absolute atomic E-state index is 6.36. The molecule has 0 radical (unpaired) electrons. The molecule has 1 aromatic heterocycles. The van der Waals surface area contributed by atoms with Gasteiger partial charge in [0.05, 0.1) is 0 Å². The van der Waals surface area contributed by atoms with Crippen molar-refractivity contribution in [3.63, 3.8) is 0 Å². The van der Waals surface area contributed by atoms with E-state index in [1.165, 1.54) is 0 Å². The van der Waals surface area contributed by atoms with E-state index in [4.69, 9.17) is 16.1 Å². The molecular weight excluding hydrogens is 340 g/mol. The number of rotatable bonds is 3. The summed E-state index contributed by atoms with van der Waals surface area (Å²) in [6.45, 7) is 0. The lowest BCUT2D eigenvalue weighted by molar-refractivity contribution is 0.383. The first-order valence-corrected chi connectivity index (χ1v) is 7.25. The minimum Gasteiger partial charge on any atom is -0.337 e. The summed E-state index contributed by atoms with van der Waals surface area (Å²) in [6.07, 6.45) is 0. The van der Waals surface area contributed by atoms with Crippen molar-refractivity contribution in [3.8, 4) is 11.4 Å². The summed E-state index contributed by atoms with van der Waals surface area (Å²) in [4.78, 5) is 4.37. The van der Waals surface area contributed by atoms with E-state index >= 15 is 0 Å². The van der Waals surface area contributed by atoms with Gasteiger partial charge >= 0.3 is 0 Å². The van der Waals surface area contributed by atoms with Gasteiger partial charge in [0.1, 0.15) is 5.38 Å². The van der Waals surface area contributed by atoms with Gasteiger partial charge < -0.3 is 4.52 Å². The van der Waals surface area contributed by atoms with Crippen molar-refractivity contribution in [2.24, 2.45) is 0 Å². The number of hydrogen-bond acceptors (Lipinski definition) is 3. The Kier molecular flexibility index (Phi) is 3.85. The minimum absolute atomic E-state index is 0.396. The molecule has 0 bridgehead atoms. The average molecular weight is 350 g/mol. The molecule has 3 nitrogen and oxygen atoms in total. The van der Waals surface area contributed by atoms with Crippen LogP contribution in [0.1, 0.15) is 16.8 Å². The summed E-state index contributed by atoms with van der Waals surface area (Å²) in [5.41, 5.74) is 1.81. The van der Waals surface area contributed by atoms with Gasteiger partial charge in [-0.05, 0) is 17.7 Å². The average Bonchev–Trinajstić information content (AvgIpc) is 2.97. The van der Waals surface area contributed by atoms with Crippen LogP contribution >= 0.6 is 27.5 Å². The Hall–Kier alpha value is -1.65. The topological polar surface area (TPSA) is 38.9 Å². The highest BCUT2D eigenvalue weighted by molar-refractivity contribution is 9.10. The highest BCUT2D eigenvalue weighted by atomic mass is 79.9. The summed E-state index contributed by atoms with van der Waals surface area (Å²) in [5, 5.41) is 3.54. The molecule has 1 atom stereocenters. The van der Waals surface area contributed by atoms with E-state index in [1.54, 1.807) is 0 Å². The number of aromatic nitrogens is 2. The molecule has 0 amide bonds. The first-order chi connectivity index (χ1) is 9.74. The molecule has 0 fully saturated rings. The van der Waals surface area contributed by atoms with E-state index in [0.717, 1.165) is 15.6 Å². The van der Waals surface area contributed by atoms with Crippen LogP contribution in [-0.4, -0.2) is 10.1 Å². The van der Waals surface area contributed by atoms with Gasteiger partial charge in [-0.2, -0.15) is 4.98 Å².